The van der Waals surface area contributed by atoms with Crippen LogP contribution in [0, 0.1) is 0 Å². The van der Waals surface area contributed by atoms with Crippen LogP contribution in [0.4, 0.5) is 0 Å². The molecule has 0 aromatic rings. The van der Waals surface area contributed by atoms with Crippen LogP contribution in [0.5, 0.6) is 0 Å². The van der Waals surface area contributed by atoms with Crippen LogP contribution in [-0.2, 0) is 19.5 Å². The van der Waals surface area contributed by atoms with Gasteiger partial charge in [-0.1, -0.05) is 37.4 Å². The van der Waals surface area contributed by atoms with Crippen LogP contribution in [0.25, 0.3) is 0 Å². The molecule has 0 unspecified atom stereocenters. The summed E-state index contributed by atoms with van der Waals surface area (Å²) in [6.07, 6.45) is 5.61. The Bertz CT molecular complexity index is 52.5. The van der Waals surface area contributed by atoms with E-state index in [1.165, 1.54) is 12.8 Å². The molecule has 0 nitrogen and oxygen atoms in total. The second-order valence-electron chi connectivity index (χ2n) is 1.50. The van der Waals surface area contributed by atoms with Crippen molar-refractivity contribution in [3.63, 3.8) is 0 Å². The van der Waals surface area contributed by atoms with E-state index in [9.17, 15) is 0 Å². The molecule has 0 fully saturated rings. The minimum Gasteiger partial charge on any atom is -0.0933 e. The van der Waals surface area contributed by atoms with Crippen molar-refractivity contribution in [2.24, 2.45) is 0 Å². The molecule has 0 heterocycles. The minimum atomic E-state index is 0. The third-order valence-electron chi connectivity index (χ3n) is 0.813. The average Bonchev–Trinajstić information content (AvgIpc) is 1.69. The largest absolute Gasteiger partial charge is 0.0933 e. The van der Waals surface area contributed by atoms with Crippen molar-refractivity contribution in [2.45, 2.75) is 26.2 Å². The molecule has 50 valence electrons. The SMILES string of the molecule is CCCCC=CCl.[Ru]. The molecule has 0 aromatic heterocycles. The first-order valence-electron chi connectivity index (χ1n) is 2.67. The Labute approximate surface area is 69.1 Å². The van der Waals surface area contributed by atoms with E-state index in [1.54, 1.807) is 5.54 Å². The zero-order valence-corrected chi connectivity index (χ0v) is 7.50. The van der Waals surface area contributed by atoms with Crippen LogP contribution >= 0.6 is 11.6 Å². The molecule has 0 rings (SSSR count). The Balaban J connectivity index is 0. The van der Waals surface area contributed by atoms with Crippen LogP contribution < -0.4 is 0 Å². The molecule has 0 aromatic carbocycles. The maximum atomic E-state index is 5.26. The molecule has 0 saturated heterocycles. The first-order chi connectivity index (χ1) is 3.41. The van der Waals surface area contributed by atoms with Gasteiger partial charge in [-0.15, -0.1) is 0 Å². The van der Waals surface area contributed by atoms with Gasteiger partial charge in [0.05, 0.1) is 0 Å². The van der Waals surface area contributed by atoms with Crippen molar-refractivity contribution in [3.05, 3.63) is 11.6 Å². The summed E-state index contributed by atoms with van der Waals surface area (Å²) in [5.74, 6) is 0. The van der Waals surface area contributed by atoms with Crippen molar-refractivity contribution in [2.75, 3.05) is 0 Å². The van der Waals surface area contributed by atoms with E-state index in [4.69, 9.17) is 11.6 Å². The number of rotatable bonds is 3. The van der Waals surface area contributed by atoms with Gasteiger partial charge in [-0.3, -0.25) is 0 Å². The third-order valence-corrected chi connectivity index (χ3v) is 0.992. The van der Waals surface area contributed by atoms with E-state index >= 15 is 0 Å². The van der Waals surface area contributed by atoms with Crippen molar-refractivity contribution in [1.82, 2.24) is 0 Å². The Morgan fingerprint density at radius 2 is 2.12 bits per heavy atom. The van der Waals surface area contributed by atoms with Crippen LogP contribution in [-0.4, -0.2) is 0 Å². The van der Waals surface area contributed by atoms with Crippen LogP contribution in [0.15, 0.2) is 11.6 Å². The molecule has 0 spiro atoms. The number of allylic oxidation sites excluding steroid dienone is 1. The van der Waals surface area contributed by atoms with Gasteiger partial charge in [0, 0.05) is 25.0 Å². The molecule has 0 atom stereocenters. The number of unbranched alkanes of at least 4 members (excludes halogenated alkanes) is 2. The standard InChI is InChI=1S/C6H11Cl.Ru/c1-2-3-4-5-6-7;/h5-6H,2-4H2,1H3;. The van der Waals surface area contributed by atoms with E-state index in [1.807, 2.05) is 6.08 Å². The molecule has 8 heavy (non-hydrogen) atoms. The van der Waals surface area contributed by atoms with Gasteiger partial charge in [-0.05, 0) is 6.42 Å². The fraction of sp³-hybridized carbons (Fsp3) is 0.667. The molecular formula is C6H11ClRu. The van der Waals surface area contributed by atoms with E-state index in [2.05, 4.69) is 6.92 Å². The summed E-state index contributed by atoms with van der Waals surface area (Å²) in [4.78, 5) is 0. The zero-order chi connectivity index (χ0) is 5.54. The van der Waals surface area contributed by atoms with Crippen molar-refractivity contribution >= 4 is 11.6 Å². The maximum absolute atomic E-state index is 5.26. The molecular weight excluding hydrogens is 209 g/mol. The Morgan fingerprint density at radius 1 is 1.50 bits per heavy atom. The van der Waals surface area contributed by atoms with Crippen molar-refractivity contribution in [3.8, 4) is 0 Å². The second kappa shape index (κ2) is 10.6. The van der Waals surface area contributed by atoms with Crippen molar-refractivity contribution in [1.29, 1.82) is 0 Å². The van der Waals surface area contributed by atoms with E-state index < -0.39 is 0 Å². The van der Waals surface area contributed by atoms with E-state index in [0.717, 1.165) is 6.42 Å². The van der Waals surface area contributed by atoms with Gasteiger partial charge in [-0.25, -0.2) is 0 Å². The van der Waals surface area contributed by atoms with Crippen molar-refractivity contribution < 1.29 is 19.5 Å². The Hall–Kier alpha value is 0.653. The third kappa shape index (κ3) is 9.82. The summed E-state index contributed by atoms with van der Waals surface area (Å²) in [6.45, 7) is 2.17. The molecule has 0 N–H and O–H groups in total. The summed E-state index contributed by atoms with van der Waals surface area (Å²) in [7, 11) is 0. The molecule has 0 aliphatic rings. The fourth-order valence-electron chi connectivity index (χ4n) is 0.385. The molecule has 0 aliphatic carbocycles. The topological polar surface area (TPSA) is 0 Å². The first-order valence-corrected chi connectivity index (χ1v) is 3.10. The van der Waals surface area contributed by atoms with Gasteiger partial charge in [-0.2, -0.15) is 0 Å². The van der Waals surface area contributed by atoms with Crippen LogP contribution in [0.3, 0.4) is 0 Å². The molecule has 2 heteroatoms. The molecule has 0 bridgehead atoms. The monoisotopic (exact) mass is 220 g/mol. The van der Waals surface area contributed by atoms with E-state index in [0.29, 0.717) is 0 Å². The normalized spacial score (nSPS) is 9.25. The molecule has 0 amide bonds. The number of hydrogen-bond acceptors (Lipinski definition) is 0. The van der Waals surface area contributed by atoms with Gasteiger partial charge in [0.25, 0.3) is 0 Å². The number of hydrogen-bond donors (Lipinski definition) is 0. The predicted octanol–water partition coefficient (Wildman–Crippen LogP) is 2.93. The smallest absolute Gasteiger partial charge is 0.000245 e. The quantitative estimate of drug-likeness (QED) is 0.506. The van der Waals surface area contributed by atoms with Gasteiger partial charge in [0.15, 0.2) is 0 Å². The second-order valence-corrected chi connectivity index (χ2v) is 1.76. The van der Waals surface area contributed by atoms with Gasteiger partial charge < -0.3 is 0 Å². The summed E-state index contributed by atoms with van der Waals surface area (Å²) in [5, 5.41) is 0. The summed E-state index contributed by atoms with van der Waals surface area (Å²) in [5.41, 5.74) is 1.58. The Morgan fingerprint density at radius 3 is 2.50 bits per heavy atom. The van der Waals surface area contributed by atoms with Crippen LogP contribution in [0.2, 0.25) is 0 Å². The van der Waals surface area contributed by atoms with E-state index in [-0.39, 0.29) is 19.5 Å². The average molecular weight is 220 g/mol. The zero-order valence-electron chi connectivity index (χ0n) is 5.01. The summed E-state index contributed by atoms with van der Waals surface area (Å²) >= 11 is 5.26. The van der Waals surface area contributed by atoms with Gasteiger partial charge >= 0.3 is 0 Å². The summed E-state index contributed by atoms with van der Waals surface area (Å²) in [6, 6.07) is 0. The van der Waals surface area contributed by atoms with Crippen LogP contribution in [0.1, 0.15) is 26.2 Å². The van der Waals surface area contributed by atoms with Gasteiger partial charge in [0.2, 0.25) is 0 Å². The maximum Gasteiger partial charge on any atom is 0.000245 e. The molecule has 0 radical (unpaired) electrons. The minimum absolute atomic E-state index is 0. The fourth-order valence-corrected chi connectivity index (χ4v) is 0.511. The number of halogens is 1. The molecule has 0 aliphatic heterocycles. The Kier molecular flexibility index (Phi) is 15.2. The predicted molar refractivity (Wildman–Crippen MR) is 34.5 cm³/mol. The summed E-state index contributed by atoms with van der Waals surface area (Å²) < 4.78 is 0. The first kappa shape index (κ1) is 11.5. The molecule has 0 saturated carbocycles. The van der Waals surface area contributed by atoms with Gasteiger partial charge in [0.1, 0.15) is 0 Å².